The predicted molar refractivity (Wildman–Crippen MR) is 63.0 cm³/mol. The number of carbonyl (C=O) groups is 1. The van der Waals surface area contributed by atoms with Crippen molar-refractivity contribution in [3.63, 3.8) is 0 Å². The Morgan fingerprint density at radius 1 is 1.47 bits per heavy atom. The molecule has 0 aliphatic carbocycles. The minimum Gasteiger partial charge on any atom is -0.462 e. The molecule has 0 saturated carbocycles. The molecule has 0 fully saturated rings. The van der Waals surface area contributed by atoms with Crippen molar-refractivity contribution in [1.82, 2.24) is 0 Å². The number of nitro groups is 1. The van der Waals surface area contributed by atoms with Gasteiger partial charge in [-0.05, 0) is 25.5 Å². The fraction of sp³-hybridized carbons (Fsp3) is 0.417. The van der Waals surface area contributed by atoms with E-state index in [0.717, 1.165) is 12.8 Å². The maximum atomic E-state index is 11.6. The van der Waals surface area contributed by atoms with Crippen LogP contribution >= 0.6 is 0 Å². The van der Waals surface area contributed by atoms with Gasteiger partial charge in [0, 0.05) is 11.6 Å². The summed E-state index contributed by atoms with van der Waals surface area (Å²) in [5.74, 6) is -0.434. The third kappa shape index (κ3) is 3.55. The van der Waals surface area contributed by atoms with Crippen molar-refractivity contribution in [2.24, 2.45) is 0 Å². The zero-order valence-corrected chi connectivity index (χ0v) is 9.93. The van der Waals surface area contributed by atoms with Gasteiger partial charge < -0.3 is 4.74 Å². The summed E-state index contributed by atoms with van der Waals surface area (Å²) in [6, 6.07) is 4.22. The van der Waals surface area contributed by atoms with E-state index in [1.807, 2.05) is 6.92 Å². The van der Waals surface area contributed by atoms with Crippen LogP contribution in [0.25, 0.3) is 0 Å². The SMILES string of the molecule is CCCCOC(=O)c1ccc([N+](=O)[O-])c(C)c1. The molecular formula is C12H15NO4. The highest BCUT2D eigenvalue weighted by molar-refractivity contribution is 5.90. The van der Waals surface area contributed by atoms with Crippen LogP contribution in [0.3, 0.4) is 0 Å². The van der Waals surface area contributed by atoms with Crippen LogP contribution in [-0.2, 0) is 4.74 Å². The van der Waals surface area contributed by atoms with Gasteiger partial charge in [0.1, 0.15) is 0 Å². The highest BCUT2D eigenvalue weighted by atomic mass is 16.6. The van der Waals surface area contributed by atoms with Crippen LogP contribution in [0.4, 0.5) is 5.69 Å². The Bertz CT molecular complexity index is 429. The van der Waals surface area contributed by atoms with Gasteiger partial charge in [0.25, 0.3) is 5.69 Å². The molecule has 5 nitrogen and oxygen atoms in total. The zero-order chi connectivity index (χ0) is 12.8. The number of carbonyl (C=O) groups excluding carboxylic acids is 1. The lowest BCUT2D eigenvalue weighted by Gasteiger charge is -2.04. The first-order valence-electron chi connectivity index (χ1n) is 5.48. The molecule has 0 spiro atoms. The van der Waals surface area contributed by atoms with Gasteiger partial charge in [0.15, 0.2) is 0 Å². The summed E-state index contributed by atoms with van der Waals surface area (Å²) in [6.45, 7) is 3.98. The van der Waals surface area contributed by atoms with E-state index in [0.29, 0.717) is 17.7 Å². The molecule has 17 heavy (non-hydrogen) atoms. The normalized spacial score (nSPS) is 10.0. The van der Waals surface area contributed by atoms with Crippen molar-refractivity contribution in [1.29, 1.82) is 0 Å². The lowest BCUT2D eigenvalue weighted by molar-refractivity contribution is -0.385. The van der Waals surface area contributed by atoms with Gasteiger partial charge in [-0.2, -0.15) is 0 Å². The molecule has 1 rings (SSSR count). The lowest BCUT2D eigenvalue weighted by Crippen LogP contribution is -2.07. The summed E-state index contributed by atoms with van der Waals surface area (Å²) >= 11 is 0. The van der Waals surface area contributed by atoms with Crippen molar-refractivity contribution in [2.45, 2.75) is 26.7 Å². The minimum atomic E-state index is -0.471. The number of hydrogen-bond donors (Lipinski definition) is 0. The fourth-order valence-electron chi connectivity index (χ4n) is 1.38. The van der Waals surface area contributed by atoms with Gasteiger partial charge in [0.2, 0.25) is 0 Å². The predicted octanol–water partition coefficient (Wildman–Crippen LogP) is 2.86. The standard InChI is InChI=1S/C12H15NO4/c1-3-4-7-17-12(14)10-5-6-11(13(15)16)9(2)8-10/h5-6,8H,3-4,7H2,1-2H3. The second-order valence-corrected chi connectivity index (χ2v) is 3.75. The first kappa shape index (κ1) is 13.2. The van der Waals surface area contributed by atoms with Crippen molar-refractivity contribution in [2.75, 3.05) is 6.61 Å². The molecule has 0 aliphatic rings. The molecular weight excluding hydrogens is 222 g/mol. The van der Waals surface area contributed by atoms with Crippen molar-refractivity contribution >= 4 is 11.7 Å². The van der Waals surface area contributed by atoms with Gasteiger partial charge in [-0.3, -0.25) is 10.1 Å². The van der Waals surface area contributed by atoms with Crippen LogP contribution in [-0.4, -0.2) is 17.5 Å². The van der Waals surface area contributed by atoms with Crippen LogP contribution in [0.5, 0.6) is 0 Å². The van der Waals surface area contributed by atoms with Crippen LogP contribution in [0, 0.1) is 17.0 Å². The number of esters is 1. The number of rotatable bonds is 5. The third-order valence-corrected chi connectivity index (χ3v) is 2.36. The molecule has 0 aliphatic heterocycles. The number of hydrogen-bond acceptors (Lipinski definition) is 4. The zero-order valence-electron chi connectivity index (χ0n) is 9.93. The number of aryl methyl sites for hydroxylation is 1. The molecule has 92 valence electrons. The highest BCUT2D eigenvalue weighted by Gasteiger charge is 2.14. The number of nitrogens with zero attached hydrogens (tertiary/aromatic N) is 1. The molecule has 0 aromatic heterocycles. The summed E-state index contributed by atoms with van der Waals surface area (Å²) in [7, 11) is 0. The summed E-state index contributed by atoms with van der Waals surface area (Å²) < 4.78 is 5.02. The van der Waals surface area contributed by atoms with Crippen LogP contribution < -0.4 is 0 Å². The van der Waals surface area contributed by atoms with E-state index in [2.05, 4.69) is 0 Å². The average molecular weight is 237 g/mol. The molecule has 0 atom stereocenters. The monoisotopic (exact) mass is 237 g/mol. The minimum absolute atomic E-state index is 0.00936. The molecule has 0 saturated heterocycles. The lowest BCUT2D eigenvalue weighted by atomic mass is 10.1. The summed E-state index contributed by atoms with van der Waals surface area (Å²) in [5.41, 5.74) is 0.819. The summed E-state index contributed by atoms with van der Waals surface area (Å²) in [6.07, 6.45) is 1.77. The van der Waals surface area contributed by atoms with E-state index in [-0.39, 0.29) is 5.69 Å². The Kier molecular flexibility index (Phi) is 4.63. The van der Waals surface area contributed by atoms with Crippen molar-refractivity contribution < 1.29 is 14.5 Å². The smallest absolute Gasteiger partial charge is 0.338 e. The Morgan fingerprint density at radius 3 is 2.71 bits per heavy atom. The Hall–Kier alpha value is -1.91. The number of unbranched alkanes of at least 4 members (excludes halogenated alkanes) is 1. The van der Waals surface area contributed by atoms with E-state index >= 15 is 0 Å². The first-order chi connectivity index (χ1) is 8.06. The van der Waals surface area contributed by atoms with Gasteiger partial charge in [-0.1, -0.05) is 13.3 Å². The maximum Gasteiger partial charge on any atom is 0.338 e. The third-order valence-electron chi connectivity index (χ3n) is 2.36. The topological polar surface area (TPSA) is 69.4 Å². The largest absolute Gasteiger partial charge is 0.462 e. The molecule has 0 N–H and O–H groups in total. The van der Waals surface area contributed by atoms with E-state index in [1.54, 1.807) is 6.92 Å². The number of ether oxygens (including phenoxy) is 1. The van der Waals surface area contributed by atoms with Gasteiger partial charge >= 0.3 is 5.97 Å². The second kappa shape index (κ2) is 5.98. The van der Waals surface area contributed by atoms with E-state index in [9.17, 15) is 14.9 Å². The average Bonchev–Trinajstić information content (AvgIpc) is 2.28. The van der Waals surface area contributed by atoms with Crippen molar-refractivity contribution in [3.8, 4) is 0 Å². The maximum absolute atomic E-state index is 11.6. The molecule has 0 amide bonds. The molecule has 1 aromatic rings. The van der Waals surface area contributed by atoms with Crippen LogP contribution in [0.15, 0.2) is 18.2 Å². The quantitative estimate of drug-likeness (QED) is 0.341. The molecule has 5 heteroatoms. The Labute approximate surface area is 99.5 Å². The summed E-state index contributed by atoms with van der Waals surface area (Å²) in [5, 5.41) is 10.6. The van der Waals surface area contributed by atoms with Gasteiger partial charge in [-0.25, -0.2) is 4.79 Å². The van der Waals surface area contributed by atoms with Crippen molar-refractivity contribution in [3.05, 3.63) is 39.4 Å². The van der Waals surface area contributed by atoms with Crippen LogP contribution in [0.1, 0.15) is 35.7 Å². The number of benzene rings is 1. The molecule has 0 radical (unpaired) electrons. The Balaban J connectivity index is 2.76. The van der Waals surface area contributed by atoms with E-state index in [1.165, 1.54) is 18.2 Å². The molecule has 0 heterocycles. The van der Waals surface area contributed by atoms with E-state index in [4.69, 9.17) is 4.74 Å². The first-order valence-corrected chi connectivity index (χ1v) is 5.48. The second-order valence-electron chi connectivity index (χ2n) is 3.75. The molecule has 0 unspecified atom stereocenters. The van der Waals surface area contributed by atoms with Crippen LogP contribution in [0.2, 0.25) is 0 Å². The molecule has 0 bridgehead atoms. The highest BCUT2D eigenvalue weighted by Crippen LogP contribution is 2.19. The Morgan fingerprint density at radius 2 is 2.18 bits per heavy atom. The van der Waals surface area contributed by atoms with Gasteiger partial charge in [0.05, 0.1) is 17.1 Å². The van der Waals surface area contributed by atoms with E-state index < -0.39 is 10.9 Å². The number of nitro benzene ring substituents is 1. The fourth-order valence-corrected chi connectivity index (χ4v) is 1.38. The molecule has 1 aromatic carbocycles. The van der Waals surface area contributed by atoms with Gasteiger partial charge in [-0.15, -0.1) is 0 Å². The summed E-state index contributed by atoms with van der Waals surface area (Å²) in [4.78, 5) is 21.7.